The summed E-state index contributed by atoms with van der Waals surface area (Å²) in [6.07, 6.45) is -4.39. The molecule has 3 N–H and O–H groups in total. The zero-order chi connectivity index (χ0) is 13.1. The van der Waals surface area contributed by atoms with Gasteiger partial charge >= 0.3 is 6.18 Å². The van der Waals surface area contributed by atoms with Crippen LogP contribution < -0.4 is 10.6 Å². The Morgan fingerprint density at radius 1 is 1.35 bits per heavy atom. The predicted octanol–water partition coefficient (Wildman–Crippen LogP) is 1.59. The maximum absolute atomic E-state index is 12.6. The number of rotatable bonds is 4. The Morgan fingerprint density at radius 3 is 2.47 bits per heavy atom. The molecule has 0 saturated carbocycles. The summed E-state index contributed by atoms with van der Waals surface area (Å²) < 4.78 is 37.8. The smallest absolute Gasteiger partial charge is 0.395 e. The summed E-state index contributed by atoms with van der Waals surface area (Å²) in [7, 11) is 1.69. The van der Waals surface area contributed by atoms with Crippen LogP contribution in [0.5, 0.6) is 0 Å². The van der Waals surface area contributed by atoms with Gasteiger partial charge in [-0.15, -0.1) is 0 Å². The third-order valence-corrected chi connectivity index (χ3v) is 2.49. The fourth-order valence-electron chi connectivity index (χ4n) is 1.54. The van der Waals surface area contributed by atoms with E-state index in [1.54, 1.807) is 11.9 Å². The van der Waals surface area contributed by atoms with E-state index in [0.29, 0.717) is 12.2 Å². The molecule has 0 aliphatic carbocycles. The van der Waals surface area contributed by atoms with Crippen LogP contribution >= 0.6 is 0 Å². The molecule has 0 radical (unpaired) electrons. The molecule has 6 heteroatoms. The van der Waals surface area contributed by atoms with Crippen molar-refractivity contribution in [2.75, 3.05) is 25.1 Å². The van der Waals surface area contributed by atoms with Gasteiger partial charge in [0.05, 0.1) is 12.2 Å². The molecule has 0 saturated heterocycles. The fraction of sp³-hybridized carbons (Fsp3) is 0.455. The van der Waals surface area contributed by atoms with Gasteiger partial charge in [-0.3, -0.25) is 0 Å². The quantitative estimate of drug-likeness (QED) is 0.850. The summed E-state index contributed by atoms with van der Waals surface area (Å²) in [6.45, 7) is 0.126. The number of halogens is 3. The van der Waals surface area contributed by atoms with E-state index in [1.165, 1.54) is 12.1 Å². The second kappa shape index (κ2) is 5.37. The van der Waals surface area contributed by atoms with Crippen molar-refractivity contribution < 1.29 is 18.3 Å². The first-order valence-corrected chi connectivity index (χ1v) is 5.12. The van der Waals surface area contributed by atoms with Gasteiger partial charge in [0, 0.05) is 25.8 Å². The van der Waals surface area contributed by atoms with Crippen LogP contribution in [0.25, 0.3) is 0 Å². The van der Waals surface area contributed by atoms with Crippen molar-refractivity contribution in [3.05, 3.63) is 29.3 Å². The third kappa shape index (κ3) is 3.34. The maximum atomic E-state index is 12.6. The minimum Gasteiger partial charge on any atom is -0.395 e. The average Bonchev–Trinajstić information content (AvgIpc) is 2.27. The second-order valence-electron chi connectivity index (χ2n) is 3.69. The van der Waals surface area contributed by atoms with Crippen molar-refractivity contribution in [2.24, 2.45) is 5.73 Å². The fourth-order valence-corrected chi connectivity index (χ4v) is 1.54. The molecule has 1 aromatic carbocycles. The standard InChI is InChI=1S/C11H15F3N2O/c1-16(4-5-17)9-2-3-10(11(12,13)14)8(6-9)7-15/h2-3,6,17H,4-5,7,15H2,1H3. The Hall–Kier alpha value is -1.27. The lowest BCUT2D eigenvalue weighted by Gasteiger charge is -2.20. The molecule has 0 unspecified atom stereocenters. The van der Waals surface area contributed by atoms with Crippen molar-refractivity contribution >= 4 is 5.69 Å². The monoisotopic (exact) mass is 248 g/mol. The van der Waals surface area contributed by atoms with Gasteiger partial charge in [0.1, 0.15) is 0 Å². The summed E-state index contributed by atoms with van der Waals surface area (Å²) in [5.74, 6) is 0. The van der Waals surface area contributed by atoms with Crippen LogP contribution in [0.15, 0.2) is 18.2 Å². The van der Waals surface area contributed by atoms with Crippen molar-refractivity contribution in [3.63, 3.8) is 0 Å². The third-order valence-electron chi connectivity index (χ3n) is 2.49. The van der Waals surface area contributed by atoms with Crippen LogP contribution in [0, 0.1) is 0 Å². The number of hydrogen-bond acceptors (Lipinski definition) is 3. The van der Waals surface area contributed by atoms with E-state index < -0.39 is 11.7 Å². The number of nitrogens with zero attached hydrogens (tertiary/aromatic N) is 1. The highest BCUT2D eigenvalue weighted by Crippen LogP contribution is 2.33. The highest BCUT2D eigenvalue weighted by molar-refractivity contribution is 5.51. The SMILES string of the molecule is CN(CCO)c1ccc(C(F)(F)F)c(CN)c1. The average molecular weight is 248 g/mol. The van der Waals surface area contributed by atoms with E-state index >= 15 is 0 Å². The predicted molar refractivity (Wildman–Crippen MR) is 59.7 cm³/mol. The van der Waals surface area contributed by atoms with Crippen molar-refractivity contribution in [3.8, 4) is 0 Å². The second-order valence-corrected chi connectivity index (χ2v) is 3.69. The molecular weight excluding hydrogens is 233 g/mol. The largest absolute Gasteiger partial charge is 0.416 e. The summed E-state index contributed by atoms with van der Waals surface area (Å²) in [5.41, 5.74) is 5.27. The first-order valence-electron chi connectivity index (χ1n) is 5.12. The summed E-state index contributed by atoms with van der Waals surface area (Å²) in [4.78, 5) is 1.67. The van der Waals surface area contributed by atoms with E-state index in [9.17, 15) is 13.2 Å². The number of aliphatic hydroxyl groups excluding tert-OH is 1. The number of nitrogens with two attached hydrogens (primary N) is 1. The van der Waals surface area contributed by atoms with Crippen LogP contribution in [-0.4, -0.2) is 25.3 Å². The Morgan fingerprint density at radius 2 is 2.00 bits per heavy atom. The van der Waals surface area contributed by atoms with E-state index in [-0.39, 0.29) is 18.7 Å². The minimum absolute atomic E-state index is 0.0554. The van der Waals surface area contributed by atoms with E-state index in [4.69, 9.17) is 10.8 Å². The molecule has 1 aromatic rings. The van der Waals surface area contributed by atoms with Gasteiger partial charge in [-0.05, 0) is 23.8 Å². The zero-order valence-corrected chi connectivity index (χ0v) is 9.46. The van der Waals surface area contributed by atoms with Crippen LogP contribution in [0.3, 0.4) is 0 Å². The van der Waals surface area contributed by atoms with Gasteiger partial charge in [0.15, 0.2) is 0 Å². The lowest BCUT2D eigenvalue weighted by atomic mass is 10.1. The van der Waals surface area contributed by atoms with Crippen LogP contribution in [0.4, 0.5) is 18.9 Å². The molecule has 17 heavy (non-hydrogen) atoms. The Labute approximate surface area is 97.6 Å². The normalized spacial score (nSPS) is 11.6. The lowest BCUT2D eigenvalue weighted by Crippen LogP contribution is -2.22. The summed E-state index contributed by atoms with van der Waals surface area (Å²) in [6, 6.07) is 3.79. The van der Waals surface area contributed by atoms with Gasteiger partial charge < -0.3 is 15.7 Å². The number of hydrogen-bond donors (Lipinski definition) is 2. The number of anilines is 1. The molecule has 0 aliphatic rings. The van der Waals surface area contributed by atoms with Gasteiger partial charge in [-0.1, -0.05) is 0 Å². The molecule has 96 valence electrons. The van der Waals surface area contributed by atoms with E-state index in [1.807, 2.05) is 0 Å². The van der Waals surface area contributed by atoms with Gasteiger partial charge in [-0.2, -0.15) is 13.2 Å². The highest BCUT2D eigenvalue weighted by Gasteiger charge is 2.32. The lowest BCUT2D eigenvalue weighted by molar-refractivity contribution is -0.138. The number of alkyl halides is 3. The number of benzene rings is 1. The first-order chi connectivity index (χ1) is 7.90. The summed E-state index contributed by atoms with van der Waals surface area (Å²) >= 11 is 0. The summed E-state index contributed by atoms with van der Waals surface area (Å²) in [5, 5.41) is 8.76. The molecule has 0 heterocycles. The Bertz CT molecular complexity index is 379. The van der Waals surface area contributed by atoms with E-state index in [2.05, 4.69) is 0 Å². The topological polar surface area (TPSA) is 49.5 Å². The highest BCUT2D eigenvalue weighted by atomic mass is 19.4. The Balaban J connectivity index is 3.09. The van der Waals surface area contributed by atoms with Gasteiger partial charge in [0.2, 0.25) is 0 Å². The van der Waals surface area contributed by atoms with Crippen molar-refractivity contribution in [1.82, 2.24) is 0 Å². The molecule has 0 bridgehead atoms. The molecule has 0 aliphatic heterocycles. The molecule has 3 nitrogen and oxygen atoms in total. The molecule has 0 amide bonds. The molecule has 0 atom stereocenters. The van der Waals surface area contributed by atoms with Gasteiger partial charge in [-0.25, -0.2) is 0 Å². The van der Waals surface area contributed by atoms with Crippen LogP contribution in [0.1, 0.15) is 11.1 Å². The van der Waals surface area contributed by atoms with Crippen molar-refractivity contribution in [2.45, 2.75) is 12.7 Å². The van der Waals surface area contributed by atoms with Gasteiger partial charge in [0.25, 0.3) is 0 Å². The maximum Gasteiger partial charge on any atom is 0.416 e. The first kappa shape index (κ1) is 13.8. The van der Waals surface area contributed by atoms with E-state index in [0.717, 1.165) is 6.07 Å². The molecule has 0 spiro atoms. The Kier molecular flexibility index (Phi) is 4.36. The van der Waals surface area contributed by atoms with Crippen molar-refractivity contribution in [1.29, 1.82) is 0 Å². The zero-order valence-electron chi connectivity index (χ0n) is 9.46. The minimum atomic E-state index is -4.39. The number of aliphatic hydroxyl groups is 1. The number of likely N-dealkylation sites (N-methyl/N-ethyl adjacent to an activating group) is 1. The van der Waals surface area contributed by atoms with Crippen LogP contribution in [-0.2, 0) is 12.7 Å². The molecule has 0 aromatic heterocycles. The van der Waals surface area contributed by atoms with Crippen LogP contribution in [0.2, 0.25) is 0 Å². The molecular formula is C11H15F3N2O. The molecule has 1 rings (SSSR count). The molecule has 0 fully saturated rings.